The Morgan fingerprint density at radius 2 is 2.32 bits per heavy atom. The minimum atomic E-state index is -0.902. The average Bonchev–Trinajstić information content (AvgIpc) is 3.21. The summed E-state index contributed by atoms with van der Waals surface area (Å²) in [7, 11) is 0. The molecule has 4 rings (SSSR count). The summed E-state index contributed by atoms with van der Waals surface area (Å²) in [6.07, 6.45) is 3.15. The molecule has 2 N–H and O–H groups in total. The number of likely N-dealkylation sites (tertiary alicyclic amines) is 1. The molecule has 146 valence electrons. The molecule has 2 aliphatic heterocycles. The molecule has 0 radical (unpaired) electrons. The quantitative estimate of drug-likeness (QED) is 0.824. The molecule has 0 saturated carbocycles. The van der Waals surface area contributed by atoms with Crippen LogP contribution in [0.3, 0.4) is 0 Å². The number of ether oxygens (including phenoxy) is 2. The maximum atomic E-state index is 11.2. The van der Waals surface area contributed by atoms with E-state index in [2.05, 4.69) is 21.4 Å². The van der Waals surface area contributed by atoms with Crippen LogP contribution in [0.15, 0.2) is 18.3 Å². The molecule has 9 nitrogen and oxygen atoms in total. The van der Waals surface area contributed by atoms with Crippen molar-refractivity contribution in [2.75, 3.05) is 31.6 Å². The number of carboxylic acid groups (broad SMARTS) is 1. The van der Waals surface area contributed by atoms with Crippen molar-refractivity contribution in [2.45, 2.75) is 31.4 Å². The van der Waals surface area contributed by atoms with Crippen molar-refractivity contribution >= 4 is 22.7 Å². The molecule has 0 aliphatic carbocycles. The molecule has 2 atom stereocenters. The number of carbonyl (C=O) groups is 1. The van der Waals surface area contributed by atoms with E-state index in [-0.39, 0.29) is 17.8 Å². The van der Waals surface area contributed by atoms with E-state index in [1.165, 1.54) is 4.90 Å². The lowest BCUT2D eigenvalue weighted by atomic mass is 10.1. The predicted molar refractivity (Wildman–Crippen MR) is 100 cm³/mol. The maximum absolute atomic E-state index is 11.2. The highest BCUT2D eigenvalue weighted by Gasteiger charge is 2.24. The Labute approximate surface area is 161 Å². The smallest absolute Gasteiger partial charge is 0.407 e. The van der Waals surface area contributed by atoms with E-state index in [1.54, 1.807) is 12.3 Å². The second-order valence-corrected chi connectivity index (χ2v) is 7.03. The summed E-state index contributed by atoms with van der Waals surface area (Å²) in [6.45, 7) is 2.13. The fourth-order valence-corrected chi connectivity index (χ4v) is 3.58. The van der Waals surface area contributed by atoms with Crippen LogP contribution in [0.1, 0.15) is 25.0 Å². The highest BCUT2D eigenvalue weighted by atomic mass is 16.5. The number of nitrogens with zero attached hydrogens (tertiary/aromatic N) is 4. The van der Waals surface area contributed by atoms with Gasteiger partial charge in [-0.1, -0.05) is 0 Å². The zero-order chi connectivity index (χ0) is 19.5. The van der Waals surface area contributed by atoms with Gasteiger partial charge < -0.3 is 24.8 Å². The molecule has 2 saturated heterocycles. The summed E-state index contributed by atoms with van der Waals surface area (Å²) in [5.41, 5.74) is 0.272. The molecule has 0 aromatic carbocycles. The number of hydrogen-bond acceptors (Lipinski definition) is 7. The van der Waals surface area contributed by atoms with Gasteiger partial charge in [0.15, 0.2) is 0 Å². The third kappa shape index (κ3) is 3.92. The fourth-order valence-electron chi connectivity index (χ4n) is 3.58. The molecule has 0 bridgehead atoms. The Morgan fingerprint density at radius 3 is 3.07 bits per heavy atom. The zero-order valence-electron chi connectivity index (χ0n) is 15.3. The number of nitrogens with one attached hydrogen (secondary N) is 1. The predicted octanol–water partition coefficient (Wildman–Crippen LogP) is 2.22. The van der Waals surface area contributed by atoms with E-state index in [1.807, 2.05) is 6.07 Å². The van der Waals surface area contributed by atoms with Crippen molar-refractivity contribution in [2.24, 2.45) is 0 Å². The summed E-state index contributed by atoms with van der Waals surface area (Å²) < 4.78 is 11.4. The second kappa shape index (κ2) is 7.86. The first-order valence-electron chi connectivity index (χ1n) is 9.32. The minimum absolute atomic E-state index is 0.00580. The van der Waals surface area contributed by atoms with Gasteiger partial charge in [0.2, 0.25) is 5.88 Å². The minimum Gasteiger partial charge on any atom is -0.471 e. The molecular weight excluding hydrogens is 362 g/mol. The van der Waals surface area contributed by atoms with Gasteiger partial charge >= 0.3 is 6.09 Å². The van der Waals surface area contributed by atoms with Crippen molar-refractivity contribution in [3.8, 4) is 11.9 Å². The largest absolute Gasteiger partial charge is 0.471 e. The summed E-state index contributed by atoms with van der Waals surface area (Å²) in [6, 6.07) is 5.57. The van der Waals surface area contributed by atoms with Gasteiger partial charge in [-0.3, -0.25) is 0 Å². The number of fused-ring (bicyclic) bond motifs is 1. The number of amides is 1. The molecule has 2 aliphatic rings. The van der Waals surface area contributed by atoms with Crippen LogP contribution in [0.2, 0.25) is 0 Å². The van der Waals surface area contributed by atoms with Crippen LogP contribution in [0, 0.1) is 11.3 Å². The topological polar surface area (TPSA) is 121 Å². The molecule has 28 heavy (non-hydrogen) atoms. The van der Waals surface area contributed by atoms with Gasteiger partial charge in [-0.2, -0.15) is 5.26 Å². The molecular formula is C19H21N5O4. The Bertz CT molecular complexity index is 922. The Hall–Kier alpha value is -3.12. The highest BCUT2D eigenvalue weighted by molar-refractivity contribution is 5.89. The molecule has 0 unspecified atom stereocenters. The van der Waals surface area contributed by atoms with E-state index < -0.39 is 6.09 Å². The van der Waals surface area contributed by atoms with Crippen LogP contribution in [-0.2, 0) is 4.74 Å². The van der Waals surface area contributed by atoms with Crippen LogP contribution in [0.5, 0.6) is 5.88 Å². The van der Waals surface area contributed by atoms with Gasteiger partial charge in [0, 0.05) is 42.5 Å². The number of aromatic nitrogens is 2. The Morgan fingerprint density at radius 1 is 1.43 bits per heavy atom. The molecule has 2 fully saturated rings. The first-order chi connectivity index (χ1) is 13.6. The van der Waals surface area contributed by atoms with Crippen molar-refractivity contribution in [1.29, 1.82) is 5.26 Å². The van der Waals surface area contributed by atoms with E-state index in [9.17, 15) is 15.2 Å². The summed E-state index contributed by atoms with van der Waals surface area (Å²) in [5, 5.41) is 23.3. The van der Waals surface area contributed by atoms with Gasteiger partial charge in [0.1, 0.15) is 23.7 Å². The van der Waals surface area contributed by atoms with Gasteiger partial charge in [0.05, 0.1) is 13.2 Å². The molecule has 2 aromatic heterocycles. The highest BCUT2D eigenvalue weighted by Crippen LogP contribution is 2.29. The average molecular weight is 383 g/mol. The lowest BCUT2D eigenvalue weighted by molar-refractivity contribution is 0.133. The monoisotopic (exact) mass is 383 g/mol. The number of rotatable bonds is 4. The summed E-state index contributed by atoms with van der Waals surface area (Å²) >= 11 is 0. The SMILES string of the molecule is N#Cc1cc2cnc(N[C@H]3CCCN(C(=O)O)C3)cc2c(O[C@H]2CCOC2)n1. The van der Waals surface area contributed by atoms with Crippen LogP contribution >= 0.6 is 0 Å². The maximum Gasteiger partial charge on any atom is 0.407 e. The molecule has 4 heterocycles. The van der Waals surface area contributed by atoms with Crippen molar-refractivity contribution < 1.29 is 19.4 Å². The van der Waals surface area contributed by atoms with E-state index in [0.717, 1.165) is 30.0 Å². The Balaban J connectivity index is 1.60. The second-order valence-electron chi connectivity index (χ2n) is 7.03. The molecule has 1 amide bonds. The standard InChI is InChI=1S/C19H21N5O4/c20-8-14-6-12-9-21-17(22-13-2-1-4-24(10-13)19(25)26)7-16(12)18(23-14)28-15-3-5-27-11-15/h6-7,9,13,15H,1-5,10-11H2,(H,21,22)(H,25,26)/t13-,15-/m0/s1. The lowest BCUT2D eigenvalue weighted by Gasteiger charge is -2.31. The first-order valence-corrected chi connectivity index (χ1v) is 9.32. The third-order valence-electron chi connectivity index (χ3n) is 5.00. The lowest BCUT2D eigenvalue weighted by Crippen LogP contribution is -2.44. The van der Waals surface area contributed by atoms with Crippen LogP contribution in [0.25, 0.3) is 10.8 Å². The zero-order valence-corrected chi connectivity index (χ0v) is 15.3. The van der Waals surface area contributed by atoms with Crippen molar-refractivity contribution in [1.82, 2.24) is 14.9 Å². The van der Waals surface area contributed by atoms with Gasteiger partial charge in [-0.15, -0.1) is 0 Å². The van der Waals surface area contributed by atoms with Gasteiger partial charge in [-0.25, -0.2) is 14.8 Å². The number of piperidine rings is 1. The van der Waals surface area contributed by atoms with Crippen LogP contribution in [-0.4, -0.2) is 64.5 Å². The molecule has 2 aromatic rings. The van der Waals surface area contributed by atoms with E-state index >= 15 is 0 Å². The summed E-state index contributed by atoms with van der Waals surface area (Å²) in [5.74, 6) is 1.02. The van der Waals surface area contributed by atoms with Crippen molar-refractivity contribution in [3.63, 3.8) is 0 Å². The number of hydrogen-bond donors (Lipinski definition) is 2. The Kier molecular flexibility index (Phi) is 5.12. The summed E-state index contributed by atoms with van der Waals surface area (Å²) in [4.78, 5) is 21.4. The van der Waals surface area contributed by atoms with Crippen LogP contribution < -0.4 is 10.1 Å². The van der Waals surface area contributed by atoms with E-state index in [0.29, 0.717) is 38.0 Å². The van der Waals surface area contributed by atoms with Gasteiger partial charge in [0.25, 0.3) is 0 Å². The number of pyridine rings is 2. The molecule has 0 spiro atoms. The normalized spacial score (nSPS) is 22.0. The number of nitriles is 1. The fraction of sp³-hybridized carbons (Fsp3) is 0.474. The van der Waals surface area contributed by atoms with Crippen LogP contribution in [0.4, 0.5) is 10.6 Å². The first kappa shape index (κ1) is 18.3. The number of anilines is 1. The van der Waals surface area contributed by atoms with Gasteiger partial charge in [-0.05, 0) is 25.0 Å². The van der Waals surface area contributed by atoms with E-state index in [4.69, 9.17) is 9.47 Å². The molecule has 9 heteroatoms. The van der Waals surface area contributed by atoms with Crippen molar-refractivity contribution in [3.05, 3.63) is 24.0 Å². The third-order valence-corrected chi connectivity index (χ3v) is 5.00.